The molecule has 0 saturated carbocycles. The van der Waals surface area contributed by atoms with Gasteiger partial charge < -0.3 is 4.74 Å². The van der Waals surface area contributed by atoms with Crippen molar-refractivity contribution in [3.05, 3.63) is 42.0 Å². The van der Waals surface area contributed by atoms with Crippen LogP contribution in [0.15, 0.2) is 30.9 Å². The van der Waals surface area contributed by atoms with E-state index in [0.29, 0.717) is 25.2 Å². The van der Waals surface area contributed by atoms with E-state index >= 15 is 0 Å². The van der Waals surface area contributed by atoms with E-state index in [1.54, 1.807) is 19.1 Å². The van der Waals surface area contributed by atoms with Gasteiger partial charge in [0.05, 0.1) is 0 Å². The Morgan fingerprint density at radius 3 is 2.44 bits per heavy atom. The average Bonchev–Trinajstić information content (AvgIpc) is 2.26. The molecule has 0 aliphatic carbocycles. The Kier molecular flexibility index (Phi) is 5.31. The van der Waals surface area contributed by atoms with Crippen molar-refractivity contribution in [2.45, 2.75) is 26.7 Å². The van der Waals surface area contributed by atoms with Gasteiger partial charge in [0.2, 0.25) is 0 Å². The SMILES string of the molecule is C=CCOc1ccc(CC(C)=O)cc1CC(C)=O. The molecule has 0 amide bonds. The van der Waals surface area contributed by atoms with E-state index in [1.807, 2.05) is 12.1 Å². The van der Waals surface area contributed by atoms with Crippen LogP contribution in [0.5, 0.6) is 5.75 Å². The molecule has 0 unspecified atom stereocenters. The Morgan fingerprint density at radius 2 is 1.89 bits per heavy atom. The molecule has 0 aliphatic heterocycles. The maximum Gasteiger partial charge on any atom is 0.134 e. The molecular formula is C15H18O3. The fourth-order valence-corrected chi connectivity index (χ4v) is 1.73. The maximum absolute atomic E-state index is 11.2. The molecule has 1 aromatic rings. The van der Waals surface area contributed by atoms with Gasteiger partial charge in [-0.1, -0.05) is 24.8 Å². The van der Waals surface area contributed by atoms with Gasteiger partial charge in [-0.25, -0.2) is 0 Å². The van der Waals surface area contributed by atoms with Crippen LogP contribution in [0.2, 0.25) is 0 Å². The van der Waals surface area contributed by atoms with Crippen LogP contribution in [0.4, 0.5) is 0 Å². The van der Waals surface area contributed by atoms with E-state index in [9.17, 15) is 9.59 Å². The predicted molar refractivity (Wildman–Crippen MR) is 70.9 cm³/mol. The summed E-state index contributed by atoms with van der Waals surface area (Å²) >= 11 is 0. The zero-order valence-electron chi connectivity index (χ0n) is 10.9. The summed E-state index contributed by atoms with van der Waals surface area (Å²) in [5.74, 6) is 0.847. The molecule has 0 spiro atoms. The number of benzene rings is 1. The highest BCUT2D eigenvalue weighted by Gasteiger charge is 2.08. The third-order valence-corrected chi connectivity index (χ3v) is 2.37. The molecule has 0 N–H and O–H groups in total. The topological polar surface area (TPSA) is 43.4 Å². The van der Waals surface area contributed by atoms with E-state index in [4.69, 9.17) is 4.74 Å². The zero-order chi connectivity index (χ0) is 13.5. The first kappa shape index (κ1) is 14.2. The fraction of sp³-hybridized carbons (Fsp3) is 0.333. The predicted octanol–water partition coefficient (Wildman–Crippen LogP) is 2.51. The molecule has 3 heteroatoms. The van der Waals surface area contributed by atoms with E-state index in [2.05, 4.69) is 6.58 Å². The van der Waals surface area contributed by atoms with Crippen molar-refractivity contribution in [3.63, 3.8) is 0 Å². The van der Waals surface area contributed by atoms with Crippen LogP contribution in [0.3, 0.4) is 0 Å². The van der Waals surface area contributed by atoms with Gasteiger partial charge in [0.1, 0.15) is 23.9 Å². The zero-order valence-corrected chi connectivity index (χ0v) is 10.9. The molecule has 0 bridgehead atoms. The van der Waals surface area contributed by atoms with Gasteiger partial charge in [-0.15, -0.1) is 0 Å². The quantitative estimate of drug-likeness (QED) is 0.694. The maximum atomic E-state index is 11.2. The molecule has 1 rings (SSSR count). The lowest BCUT2D eigenvalue weighted by Gasteiger charge is -2.11. The van der Waals surface area contributed by atoms with E-state index < -0.39 is 0 Å². The summed E-state index contributed by atoms with van der Waals surface area (Å²) in [6.07, 6.45) is 2.35. The van der Waals surface area contributed by atoms with Crippen molar-refractivity contribution in [2.75, 3.05) is 6.61 Å². The average molecular weight is 246 g/mol. The minimum atomic E-state index is 0.0680. The normalized spacial score (nSPS) is 9.89. The molecule has 96 valence electrons. The van der Waals surface area contributed by atoms with Crippen LogP contribution in [0.25, 0.3) is 0 Å². The minimum absolute atomic E-state index is 0.0680. The molecule has 1 aromatic carbocycles. The first-order chi connectivity index (χ1) is 8.52. The van der Waals surface area contributed by atoms with Gasteiger partial charge in [0, 0.05) is 18.4 Å². The number of Topliss-reactive ketones (excluding diaryl/α,β-unsaturated/α-hetero) is 2. The number of ketones is 2. The van der Waals surface area contributed by atoms with Gasteiger partial charge >= 0.3 is 0 Å². The van der Waals surface area contributed by atoms with Crippen molar-refractivity contribution >= 4 is 11.6 Å². The summed E-state index contributed by atoms with van der Waals surface area (Å²) in [6.45, 7) is 7.07. The van der Waals surface area contributed by atoms with Gasteiger partial charge in [0.15, 0.2) is 0 Å². The van der Waals surface area contributed by atoms with Crippen molar-refractivity contribution < 1.29 is 14.3 Å². The molecule has 0 radical (unpaired) electrons. The number of carbonyl (C=O) groups is 2. The van der Waals surface area contributed by atoms with Crippen molar-refractivity contribution in [1.82, 2.24) is 0 Å². The van der Waals surface area contributed by atoms with E-state index in [-0.39, 0.29) is 11.6 Å². The summed E-state index contributed by atoms with van der Waals surface area (Å²) in [5.41, 5.74) is 1.73. The third kappa shape index (κ3) is 4.53. The molecular weight excluding hydrogens is 228 g/mol. The monoisotopic (exact) mass is 246 g/mol. The van der Waals surface area contributed by atoms with Crippen molar-refractivity contribution in [1.29, 1.82) is 0 Å². The first-order valence-corrected chi connectivity index (χ1v) is 5.87. The minimum Gasteiger partial charge on any atom is -0.489 e. The Hall–Kier alpha value is -1.90. The smallest absolute Gasteiger partial charge is 0.134 e. The first-order valence-electron chi connectivity index (χ1n) is 5.87. The van der Waals surface area contributed by atoms with Gasteiger partial charge in [0.25, 0.3) is 0 Å². The highest BCUT2D eigenvalue weighted by molar-refractivity contribution is 5.80. The van der Waals surface area contributed by atoms with Crippen LogP contribution < -0.4 is 4.74 Å². The van der Waals surface area contributed by atoms with Gasteiger partial charge in [-0.2, -0.15) is 0 Å². The molecule has 0 aromatic heterocycles. The van der Waals surface area contributed by atoms with Crippen LogP contribution in [0, 0.1) is 0 Å². The second kappa shape index (κ2) is 6.74. The summed E-state index contributed by atoms with van der Waals surface area (Å²) in [6, 6.07) is 5.52. The summed E-state index contributed by atoms with van der Waals surface area (Å²) in [4.78, 5) is 22.3. The lowest BCUT2D eigenvalue weighted by atomic mass is 10.0. The van der Waals surface area contributed by atoms with Gasteiger partial charge in [-0.3, -0.25) is 9.59 Å². The number of rotatable bonds is 7. The number of hydrogen-bond acceptors (Lipinski definition) is 3. The Labute approximate surface area is 107 Å². The molecule has 0 aliphatic rings. The second-order valence-electron chi connectivity index (χ2n) is 4.30. The summed E-state index contributed by atoms with van der Waals surface area (Å²) < 4.78 is 5.49. The summed E-state index contributed by atoms with van der Waals surface area (Å²) in [7, 11) is 0. The molecule has 0 heterocycles. The number of carbonyl (C=O) groups excluding carboxylic acids is 2. The Morgan fingerprint density at radius 1 is 1.22 bits per heavy atom. The van der Waals surface area contributed by atoms with Gasteiger partial charge in [-0.05, 0) is 25.5 Å². The van der Waals surface area contributed by atoms with Crippen LogP contribution in [-0.4, -0.2) is 18.2 Å². The van der Waals surface area contributed by atoms with Crippen LogP contribution in [-0.2, 0) is 22.4 Å². The molecule has 3 nitrogen and oxygen atoms in total. The molecule has 0 atom stereocenters. The number of ether oxygens (including phenoxy) is 1. The van der Waals surface area contributed by atoms with Crippen molar-refractivity contribution in [2.24, 2.45) is 0 Å². The third-order valence-electron chi connectivity index (χ3n) is 2.37. The van der Waals surface area contributed by atoms with Crippen molar-refractivity contribution in [3.8, 4) is 5.75 Å². The lowest BCUT2D eigenvalue weighted by molar-refractivity contribution is -0.117. The number of hydrogen-bond donors (Lipinski definition) is 0. The highest BCUT2D eigenvalue weighted by atomic mass is 16.5. The Balaban J connectivity index is 2.98. The van der Waals surface area contributed by atoms with E-state index in [0.717, 1.165) is 11.1 Å². The molecule has 18 heavy (non-hydrogen) atoms. The standard InChI is InChI=1S/C15H18O3/c1-4-7-18-15-6-5-13(8-11(2)16)10-14(15)9-12(3)17/h4-6,10H,1,7-9H2,2-3H3. The largest absolute Gasteiger partial charge is 0.489 e. The van der Waals surface area contributed by atoms with E-state index in [1.165, 1.54) is 6.92 Å². The lowest BCUT2D eigenvalue weighted by Crippen LogP contribution is -2.04. The Bertz CT molecular complexity index is 461. The molecule has 0 fully saturated rings. The summed E-state index contributed by atoms with van der Waals surface area (Å²) in [5, 5.41) is 0. The second-order valence-corrected chi connectivity index (χ2v) is 4.30. The van der Waals surface area contributed by atoms with Crippen LogP contribution >= 0.6 is 0 Å². The highest BCUT2D eigenvalue weighted by Crippen LogP contribution is 2.21. The van der Waals surface area contributed by atoms with Crippen LogP contribution in [0.1, 0.15) is 25.0 Å². The molecule has 0 saturated heterocycles. The fourth-order valence-electron chi connectivity index (χ4n) is 1.73.